The predicted octanol–water partition coefficient (Wildman–Crippen LogP) is 6.15. The van der Waals surface area contributed by atoms with Crippen LogP contribution in [0.2, 0.25) is 10.0 Å². The first-order valence-corrected chi connectivity index (χ1v) is 10.1. The highest BCUT2D eigenvalue weighted by Gasteiger charge is 2.18. The Hall–Kier alpha value is -2.82. The molecular formula is C24H21Cl2NO3. The van der Waals surface area contributed by atoms with E-state index in [0.29, 0.717) is 15.6 Å². The van der Waals surface area contributed by atoms with Crippen LogP contribution in [0.4, 0.5) is 0 Å². The van der Waals surface area contributed by atoms with Gasteiger partial charge in [0.2, 0.25) is 5.78 Å². The van der Waals surface area contributed by atoms with Gasteiger partial charge < -0.3 is 9.30 Å². The Balaban J connectivity index is 1.69. The van der Waals surface area contributed by atoms with E-state index in [1.54, 1.807) is 24.3 Å². The third-order valence-corrected chi connectivity index (χ3v) is 5.47. The van der Waals surface area contributed by atoms with Crippen molar-refractivity contribution in [3.8, 4) is 5.69 Å². The van der Waals surface area contributed by atoms with Crippen molar-refractivity contribution in [2.24, 2.45) is 0 Å². The van der Waals surface area contributed by atoms with E-state index in [1.165, 1.54) is 6.08 Å². The van der Waals surface area contributed by atoms with E-state index in [0.717, 1.165) is 28.2 Å². The number of rotatable bonds is 6. The van der Waals surface area contributed by atoms with Gasteiger partial charge in [0, 0.05) is 28.7 Å². The average Bonchev–Trinajstić information content (AvgIpc) is 3.02. The predicted molar refractivity (Wildman–Crippen MR) is 121 cm³/mol. The number of Topliss-reactive ketones (excluding diaryl/α,β-unsaturated/α-hetero) is 1. The summed E-state index contributed by atoms with van der Waals surface area (Å²) in [7, 11) is 0. The van der Waals surface area contributed by atoms with Crippen LogP contribution in [-0.4, -0.2) is 22.9 Å². The molecule has 0 aliphatic carbocycles. The van der Waals surface area contributed by atoms with Gasteiger partial charge in [0.15, 0.2) is 6.61 Å². The normalized spacial score (nSPS) is 11.1. The summed E-state index contributed by atoms with van der Waals surface area (Å²) < 4.78 is 7.04. The number of esters is 1. The Labute approximate surface area is 185 Å². The van der Waals surface area contributed by atoms with Crippen molar-refractivity contribution in [2.75, 3.05) is 6.61 Å². The van der Waals surface area contributed by atoms with E-state index in [4.69, 9.17) is 27.9 Å². The molecule has 0 spiro atoms. The Morgan fingerprint density at radius 3 is 2.33 bits per heavy atom. The Morgan fingerprint density at radius 2 is 1.67 bits per heavy atom. The van der Waals surface area contributed by atoms with Gasteiger partial charge in [-0.2, -0.15) is 0 Å². The average molecular weight is 442 g/mol. The molecule has 0 saturated heterocycles. The van der Waals surface area contributed by atoms with Crippen LogP contribution in [0.5, 0.6) is 0 Å². The zero-order valence-electron chi connectivity index (χ0n) is 16.9. The van der Waals surface area contributed by atoms with Gasteiger partial charge in [0.1, 0.15) is 0 Å². The first kappa shape index (κ1) is 21.9. The number of ketones is 1. The van der Waals surface area contributed by atoms with Gasteiger partial charge in [-0.25, -0.2) is 4.79 Å². The molecule has 3 rings (SSSR count). The molecule has 6 heteroatoms. The number of aryl methyl sites for hydroxylation is 2. The van der Waals surface area contributed by atoms with Crippen molar-refractivity contribution in [1.29, 1.82) is 0 Å². The Kier molecular flexibility index (Phi) is 6.80. The molecule has 0 amide bonds. The number of aromatic nitrogens is 1. The van der Waals surface area contributed by atoms with Crippen LogP contribution in [-0.2, 0) is 9.53 Å². The number of ether oxygens (including phenoxy) is 1. The minimum Gasteiger partial charge on any atom is -0.454 e. The third-order valence-electron chi connectivity index (χ3n) is 4.73. The van der Waals surface area contributed by atoms with Crippen molar-refractivity contribution in [3.05, 3.63) is 92.7 Å². The van der Waals surface area contributed by atoms with Gasteiger partial charge >= 0.3 is 5.97 Å². The molecule has 3 aromatic rings. The molecule has 0 N–H and O–H groups in total. The van der Waals surface area contributed by atoms with E-state index in [1.807, 2.05) is 55.7 Å². The second-order valence-corrected chi connectivity index (χ2v) is 7.81. The number of hydrogen-bond acceptors (Lipinski definition) is 3. The van der Waals surface area contributed by atoms with Crippen LogP contribution in [0.25, 0.3) is 11.8 Å². The topological polar surface area (TPSA) is 48.3 Å². The fourth-order valence-corrected chi connectivity index (χ4v) is 3.46. The van der Waals surface area contributed by atoms with Gasteiger partial charge in [-0.15, -0.1) is 0 Å². The summed E-state index contributed by atoms with van der Waals surface area (Å²) in [6.07, 6.45) is 2.97. The molecule has 30 heavy (non-hydrogen) atoms. The maximum absolute atomic E-state index is 12.6. The lowest BCUT2D eigenvalue weighted by Gasteiger charge is -2.11. The molecule has 0 unspecified atom stereocenters. The van der Waals surface area contributed by atoms with Crippen LogP contribution in [0.3, 0.4) is 0 Å². The van der Waals surface area contributed by atoms with E-state index in [-0.39, 0.29) is 12.4 Å². The molecule has 0 bridgehead atoms. The highest BCUT2D eigenvalue weighted by Crippen LogP contribution is 2.27. The number of hydrogen-bond donors (Lipinski definition) is 0. The van der Waals surface area contributed by atoms with Crippen molar-refractivity contribution < 1.29 is 14.3 Å². The van der Waals surface area contributed by atoms with E-state index in [9.17, 15) is 9.59 Å². The molecule has 2 aromatic carbocycles. The molecule has 1 heterocycles. The first-order chi connectivity index (χ1) is 14.3. The van der Waals surface area contributed by atoms with Crippen LogP contribution < -0.4 is 0 Å². The standard InChI is InChI=1S/C24H21Cl2NO3/c1-15-4-6-18(7-5-15)8-11-24(29)30-14-23(28)20-12-16(2)27(17(20)3)19-9-10-21(25)22(26)13-19/h4-13H,14H2,1-3H3/b11-8+. The highest BCUT2D eigenvalue weighted by atomic mass is 35.5. The van der Waals surface area contributed by atoms with E-state index >= 15 is 0 Å². The summed E-state index contributed by atoms with van der Waals surface area (Å²) in [6.45, 7) is 5.39. The molecule has 0 radical (unpaired) electrons. The van der Waals surface area contributed by atoms with Gasteiger partial charge in [-0.3, -0.25) is 4.79 Å². The highest BCUT2D eigenvalue weighted by molar-refractivity contribution is 6.42. The lowest BCUT2D eigenvalue weighted by atomic mass is 10.1. The first-order valence-electron chi connectivity index (χ1n) is 9.35. The smallest absolute Gasteiger partial charge is 0.331 e. The molecule has 4 nitrogen and oxygen atoms in total. The summed E-state index contributed by atoms with van der Waals surface area (Å²) >= 11 is 12.1. The largest absolute Gasteiger partial charge is 0.454 e. The molecule has 154 valence electrons. The van der Waals surface area contributed by atoms with E-state index < -0.39 is 5.97 Å². The van der Waals surface area contributed by atoms with Gasteiger partial charge in [0.25, 0.3) is 0 Å². The molecule has 0 fully saturated rings. The molecular weight excluding hydrogens is 421 g/mol. The molecule has 0 atom stereocenters. The number of carbonyl (C=O) groups excluding carboxylic acids is 2. The second-order valence-electron chi connectivity index (χ2n) is 6.99. The Morgan fingerprint density at radius 1 is 0.967 bits per heavy atom. The van der Waals surface area contributed by atoms with E-state index in [2.05, 4.69) is 0 Å². The number of nitrogens with zero attached hydrogens (tertiary/aromatic N) is 1. The number of benzene rings is 2. The fraction of sp³-hybridized carbons (Fsp3) is 0.167. The molecule has 0 aliphatic rings. The summed E-state index contributed by atoms with van der Waals surface area (Å²) in [5.74, 6) is -0.839. The monoisotopic (exact) mass is 441 g/mol. The lowest BCUT2D eigenvalue weighted by Crippen LogP contribution is -2.13. The lowest BCUT2D eigenvalue weighted by molar-refractivity contribution is -0.136. The van der Waals surface area contributed by atoms with Gasteiger partial charge in [-0.05, 0) is 56.7 Å². The van der Waals surface area contributed by atoms with Crippen LogP contribution in [0.1, 0.15) is 32.9 Å². The number of halogens is 2. The summed E-state index contributed by atoms with van der Waals surface area (Å²) in [5.41, 5.74) is 4.92. The Bertz CT molecular complexity index is 1130. The summed E-state index contributed by atoms with van der Waals surface area (Å²) in [5, 5.41) is 0.897. The van der Waals surface area contributed by atoms with Crippen LogP contribution in [0.15, 0.2) is 54.6 Å². The van der Waals surface area contributed by atoms with Crippen molar-refractivity contribution in [3.63, 3.8) is 0 Å². The minimum atomic E-state index is -0.567. The minimum absolute atomic E-state index is 0.272. The molecule has 1 aromatic heterocycles. The summed E-state index contributed by atoms with van der Waals surface area (Å²) in [6, 6.07) is 14.8. The third kappa shape index (κ3) is 5.02. The van der Waals surface area contributed by atoms with Crippen LogP contribution in [0, 0.1) is 20.8 Å². The van der Waals surface area contributed by atoms with Gasteiger partial charge in [0.05, 0.1) is 10.0 Å². The van der Waals surface area contributed by atoms with Crippen LogP contribution >= 0.6 is 23.2 Å². The van der Waals surface area contributed by atoms with Crippen molar-refractivity contribution in [1.82, 2.24) is 4.57 Å². The maximum atomic E-state index is 12.6. The number of carbonyl (C=O) groups is 2. The van der Waals surface area contributed by atoms with Crippen molar-refractivity contribution >= 4 is 41.0 Å². The zero-order chi connectivity index (χ0) is 21.8. The zero-order valence-corrected chi connectivity index (χ0v) is 18.4. The second kappa shape index (κ2) is 9.33. The molecule has 0 aliphatic heterocycles. The summed E-state index contributed by atoms with van der Waals surface area (Å²) in [4.78, 5) is 24.6. The SMILES string of the molecule is Cc1ccc(/C=C/C(=O)OCC(=O)c2cc(C)n(-c3ccc(Cl)c(Cl)c3)c2C)cc1. The van der Waals surface area contributed by atoms with Gasteiger partial charge in [-0.1, -0.05) is 53.0 Å². The molecule has 0 saturated carbocycles. The quantitative estimate of drug-likeness (QED) is 0.261. The van der Waals surface area contributed by atoms with Crippen molar-refractivity contribution in [2.45, 2.75) is 20.8 Å². The maximum Gasteiger partial charge on any atom is 0.331 e. The fourth-order valence-electron chi connectivity index (χ4n) is 3.17.